The lowest BCUT2D eigenvalue weighted by Gasteiger charge is -2.26. The molecule has 2 amide bonds. The quantitative estimate of drug-likeness (QED) is 0.757. The highest BCUT2D eigenvalue weighted by atomic mass is 16.4. The van der Waals surface area contributed by atoms with Crippen LogP contribution in [0, 0.1) is 5.92 Å². The second-order valence-corrected chi connectivity index (χ2v) is 6.45. The van der Waals surface area contributed by atoms with Gasteiger partial charge in [-0.25, -0.2) is 4.79 Å². The number of hydrogen-bond donors (Lipinski definition) is 3. The van der Waals surface area contributed by atoms with Crippen LogP contribution in [0.2, 0.25) is 0 Å². The summed E-state index contributed by atoms with van der Waals surface area (Å²) in [6, 6.07) is 16.8. The van der Waals surface area contributed by atoms with Gasteiger partial charge < -0.3 is 15.7 Å². The zero-order valence-corrected chi connectivity index (χ0v) is 13.9. The second-order valence-electron chi connectivity index (χ2n) is 6.45. The summed E-state index contributed by atoms with van der Waals surface area (Å²) in [4.78, 5) is 23.0. The summed E-state index contributed by atoms with van der Waals surface area (Å²) in [7, 11) is 0. The van der Waals surface area contributed by atoms with E-state index in [1.54, 1.807) is 0 Å². The molecule has 1 fully saturated rings. The number of carboxylic acid groups (broad SMARTS) is 1. The molecule has 0 atom stereocenters. The molecular formula is C20H22N2O3. The van der Waals surface area contributed by atoms with Gasteiger partial charge in [-0.05, 0) is 61.4 Å². The number of para-hydroxylation sites is 1. The Morgan fingerprint density at radius 2 is 1.36 bits per heavy atom. The Morgan fingerprint density at radius 1 is 0.800 bits per heavy atom. The summed E-state index contributed by atoms with van der Waals surface area (Å²) in [5.41, 5.74) is 2.68. The number of aliphatic carboxylic acids is 1. The van der Waals surface area contributed by atoms with Crippen LogP contribution in [0.1, 0.15) is 37.2 Å². The molecule has 0 unspecified atom stereocenters. The number of nitrogens with one attached hydrogen (secondary N) is 2. The van der Waals surface area contributed by atoms with Gasteiger partial charge in [0.15, 0.2) is 0 Å². The maximum absolute atomic E-state index is 12.0. The maximum Gasteiger partial charge on any atom is 0.323 e. The summed E-state index contributed by atoms with van der Waals surface area (Å²) in [6.45, 7) is 0. The normalized spacial score (nSPS) is 19.8. The fourth-order valence-corrected chi connectivity index (χ4v) is 3.33. The first-order valence-corrected chi connectivity index (χ1v) is 8.57. The number of carbonyl (C=O) groups is 2. The van der Waals surface area contributed by atoms with Crippen LogP contribution in [0.15, 0.2) is 54.6 Å². The SMILES string of the molecule is O=C(Nc1ccccc1)Nc1ccc([C@H]2CC[C@@H](C(=O)O)CC2)cc1. The first-order valence-electron chi connectivity index (χ1n) is 8.57. The lowest BCUT2D eigenvalue weighted by Crippen LogP contribution is -2.21. The lowest BCUT2D eigenvalue weighted by atomic mass is 9.79. The fraction of sp³-hybridized carbons (Fsp3) is 0.300. The molecule has 2 aromatic carbocycles. The van der Waals surface area contributed by atoms with Crippen molar-refractivity contribution in [1.82, 2.24) is 0 Å². The number of anilines is 2. The molecule has 0 aromatic heterocycles. The predicted molar refractivity (Wildman–Crippen MR) is 97.9 cm³/mol. The Morgan fingerprint density at radius 3 is 1.92 bits per heavy atom. The Balaban J connectivity index is 1.54. The molecule has 0 aliphatic heterocycles. The van der Waals surface area contributed by atoms with Crippen molar-refractivity contribution in [3.8, 4) is 0 Å². The van der Waals surface area contributed by atoms with Gasteiger partial charge in [0.25, 0.3) is 0 Å². The van der Waals surface area contributed by atoms with E-state index in [1.165, 1.54) is 5.56 Å². The van der Waals surface area contributed by atoms with Crippen molar-refractivity contribution in [3.63, 3.8) is 0 Å². The number of amides is 2. The number of rotatable bonds is 4. The average molecular weight is 338 g/mol. The Bertz CT molecular complexity index is 720. The van der Waals surface area contributed by atoms with E-state index in [0.29, 0.717) is 5.92 Å². The minimum atomic E-state index is -0.678. The molecule has 3 N–H and O–H groups in total. The van der Waals surface area contributed by atoms with Crippen LogP contribution in [-0.4, -0.2) is 17.1 Å². The third-order valence-corrected chi connectivity index (χ3v) is 4.75. The van der Waals surface area contributed by atoms with E-state index in [2.05, 4.69) is 10.6 Å². The summed E-state index contributed by atoms with van der Waals surface area (Å²) >= 11 is 0. The van der Waals surface area contributed by atoms with Crippen LogP contribution in [0.4, 0.5) is 16.2 Å². The first kappa shape index (κ1) is 17.0. The predicted octanol–water partition coefficient (Wildman–Crippen LogP) is 4.69. The Labute approximate surface area is 147 Å². The third kappa shape index (κ3) is 4.59. The van der Waals surface area contributed by atoms with E-state index in [0.717, 1.165) is 37.1 Å². The van der Waals surface area contributed by atoms with Crippen LogP contribution >= 0.6 is 0 Å². The Hall–Kier alpha value is -2.82. The number of urea groups is 1. The van der Waals surface area contributed by atoms with Crippen molar-refractivity contribution < 1.29 is 14.7 Å². The highest BCUT2D eigenvalue weighted by Gasteiger charge is 2.26. The monoisotopic (exact) mass is 338 g/mol. The van der Waals surface area contributed by atoms with Gasteiger partial charge >= 0.3 is 12.0 Å². The highest BCUT2D eigenvalue weighted by molar-refractivity contribution is 5.99. The molecule has 0 saturated heterocycles. The Kier molecular flexibility index (Phi) is 5.33. The minimum absolute atomic E-state index is 0.195. The molecule has 1 aliphatic rings. The molecule has 1 saturated carbocycles. The van der Waals surface area contributed by atoms with E-state index < -0.39 is 5.97 Å². The molecule has 5 heteroatoms. The molecule has 25 heavy (non-hydrogen) atoms. The van der Waals surface area contributed by atoms with Crippen LogP contribution in [0.3, 0.4) is 0 Å². The molecular weight excluding hydrogens is 316 g/mol. The van der Waals surface area contributed by atoms with Crippen LogP contribution in [0.25, 0.3) is 0 Å². The molecule has 0 radical (unpaired) electrons. The molecule has 0 bridgehead atoms. The summed E-state index contributed by atoms with van der Waals surface area (Å²) in [5, 5.41) is 14.7. The number of benzene rings is 2. The van der Waals surface area contributed by atoms with E-state index in [1.807, 2.05) is 54.6 Å². The lowest BCUT2D eigenvalue weighted by molar-refractivity contribution is -0.142. The van der Waals surface area contributed by atoms with Gasteiger partial charge in [0.2, 0.25) is 0 Å². The fourth-order valence-electron chi connectivity index (χ4n) is 3.33. The zero-order chi connectivity index (χ0) is 17.6. The number of carbonyl (C=O) groups excluding carboxylic acids is 1. The topological polar surface area (TPSA) is 78.4 Å². The van der Waals surface area contributed by atoms with Crippen molar-refractivity contribution in [2.24, 2.45) is 5.92 Å². The van der Waals surface area contributed by atoms with Gasteiger partial charge in [-0.1, -0.05) is 30.3 Å². The second kappa shape index (κ2) is 7.83. The standard InChI is InChI=1S/C20H22N2O3/c23-19(24)16-8-6-14(7-9-16)15-10-12-18(13-11-15)22-20(25)21-17-4-2-1-3-5-17/h1-5,10-14,16H,6-9H2,(H,23,24)(H2,21,22,25)/t14-,16+. The van der Waals surface area contributed by atoms with Crippen molar-refractivity contribution in [1.29, 1.82) is 0 Å². The van der Waals surface area contributed by atoms with Gasteiger partial charge in [0, 0.05) is 11.4 Å². The molecule has 130 valence electrons. The van der Waals surface area contributed by atoms with Gasteiger partial charge in [-0.3, -0.25) is 4.79 Å². The molecule has 5 nitrogen and oxygen atoms in total. The maximum atomic E-state index is 12.0. The van der Waals surface area contributed by atoms with E-state index in [9.17, 15) is 9.59 Å². The van der Waals surface area contributed by atoms with Crippen LogP contribution < -0.4 is 10.6 Å². The summed E-state index contributed by atoms with van der Waals surface area (Å²) < 4.78 is 0. The summed E-state index contributed by atoms with van der Waals surface area (Å²) in [5.74, 6) is -0.468. The zero-order valence-electron chi connectivity index (χ0n) is 13.9. The molecule has 0 spiro atoms. The molecule has 0 heterocycles. The number of hydrogen-bond acceptors (Lipinski definition) is 2. The molecule has 2 aromatic rings. The smallest absolute Gasteiger partial charge is 0.323 e. The third-order valence-electron chi connectivity index (χ3n) is 4.75. The summed E-state index contributed by atoms with van der Waals surface area (Å²) in [6.07, 6.45) is 3.27. The van der Waals surface area contributed by atoms with Crippen molar-refractivity contribution in [2.75, 3.05) is 10.6 Å². The van der Waals surface area contributed by atoms with Gasteiger partial charge in [-0.2, -0.15) is 0 Å². The van der Waals surface area contributed by atoms with E-state index in [4.69, 9.17) is 5.11 Å². The van der Waals surface area contributed by atoms with E-state index in [-0.39, 0.29) is 11.9 Å². The van der Waals surface area contributed by atoms with Crippen LogP contribution in [0.5, 0.6) is 0 Å². The van der Waals surface area contributed by atoms with Gasteiger partial charge in [0.1, 0.15) is 0 Å². The molecule has 3 rings (SSSR count). The van der Waals surface area contributed by atoms with Crippen molar-refractivity contribution >= 4 is 23.4 Å². The van der Waals surface area contributed by atoms with Crippen LogP contribution in [-0.2, 0) is 4.79 Å². The number of carboxylic acids is 1. The van der Waals surface area contributed by atoms with Crippen molar-refractivity contribution in [2.45, 2.75) is 31.6 Å². The van der Waals surface area contributed by atoms with E-state index >= 15 is 0 Å². The average Bonchev–Trinajstić information content (AvgIpc) is 2.63. The van der Waals surface area contributed by atoms with Crippen molar-refractivity contribution in [3.05, 3.63) is 60.2 Å². The highest BCUT2D eigenvalue weighted by Crippen LogP contribution is 2.36. The largest absolute Gasteiger partial charge is 0.481 e. The van der Waals surface area contributed by atoms with Gasteiger partial charge in [0.05, 0.1) is 5.92 Å². The minimum Gasteiger partial charge on any atom is -0.481 e. The van der Waals surface area contributed by atoms with Gasteiger partial charge in [-0.15, -0.1) is 0 Å². The molecule has 1 aliphatic carbocycles. The first-order chi connectivity index (χ1) is 12.1.